The lowest BCUT2D eigenvalue weighted by atomic mass is 9.99. The third-order valence-corrected chi connectivity index (χ3v) is 5.38. The first kappa shape index (κ1) is 19.1. The standard InChI is InChI=1S/C22H24N2O2S/c1-4-15(3)17-9-12-19-20(14-17)27-22(23-19)24-21(25)13-8-16-6-10-18(11-7-16)26-5-2/h6-15H,4-5H2,1-3H3,(H,23,24,25)/b13-8+. The van der Waals surface area contributed by atoms with Gasteiger partial charge in [0.05, 0.1) is 16.8 Å². The highest BCUT2D eigenvalue weighted by molar-refractivity contribution is 7.22. The van der Waals surface area contributed by atoms with Gasteiger partial charge in [-0.15, -0.1) is 0 Å². The molecule has 1 N–H and O–H groups in total. The first-order valence-electron chi connectivity index (χ1n) is 9.21. The zero-order valence-corrected chi connectivity index (χ0v) is 16.7. The fourth-order valence-electron chi connectivity index (χ4n) is 2.70. The Balaban J connectivity index is 1.66. The normalized spacial score (nSPS) is 12.4. The number of carbonyl (C=O) groups excluding carboxylic acids is 1. The number of rotatable bonds is 7. The summed E-state index contributed by atoms with van der Waals surface area (Å²) in [7, 11) is 0. The van der Waals surface area contributed by atoms with E-state index < -0.39 is 0 Å². The maximum atomic E-state index is 12.2. The fraction of sp³-hybridized carbons (Fsp3) is 0.273. The molecule has 1 heterocycles. The molecule has 0 aliphatic rings. The monoisotopic (exact) mass is 380 g/mol. The van der Waals surface area contributed by atoms with Crippen molar-refractivity contribution < 1.29 is 9.53 Å². The molecule has 1 amide bonds. The van der Waals surface area contributed by atoms with Gasteiger partial charge in [0.25, 0.3) is 0 Å². The number of aromatic nitrogens is 1. The van der Waals surface area contributed by atoms with Gasteiger partial charge in [-0.2, -0.15) is 0 Å². The fourth-order valence-corrected chi connectivity index (χ4v) is 3.61. The maximum Gasteiger partial charge on any atom is 0.250 e. The molecule has 0 radical (unpaired) electrons. The second-order valence-corrected chi connectivity index (χ2v) is 7.41. The molecule has 0 aliphatic heterocycles. The van der Waals surface area contributed by atoms with E-state index >= 15 is 0 Å². The topological polar surface area (TPSA) is 51.2 Å². The van der Waals surface area contributed by atoms with Crippen molar-refractivity contribution in [2.45, 2.75) is 33.1 Å². The van der Waals surface area contributed by atoms with Crippen LogP contribution in [-0.2, 0) is 4.79 Å². The lowest BCUT2D eigenvalue weighted by Crippen LogP contribution is -2.07. The van der Waals surface area contributed by atoms with Gasteiger partial charge in [-0.05, 0) is 60.7 Å². The van der Waals surface area contributed by atoms with E-state index in [0.717, 1.165) is 28.0 Å². The lowest BCUT2D eigenvalue weighted by Gasteiger charge is -2.07. The Bertz CT molecular complexity index is 945. The van der Waals surface area contributed by atoms with Crippen molar-refractivity contribution in [2.24, 2.45) is 0 Å². The smallest absolute Gasteiger partial charge is 0.250 e. The molecule has 27 heavy (non-hydrogen) atoms. The van der Waals surface area contributed by atoms with Crippen LogP contribution in [0.15, 0.2) is 48.5 Å². The SMILES string of the molecule is CCOc1ccc(/C=C/C(=O)Nc2nc3ccc(C(C)CC)cc3s2)cc1. The van der Waals surface area contributed by atoms with Gasteiger partial charge in [0.15, 0.2) is 5.13 Å². The van der Waals surface area contributed by atoms with Gasteiger partial charge >= 0.3 is 0 Å². The van der Waals surface area contributed by atoms with Crippen molar-refractivity contribution >= 4 is 38.7 Å². The van der Waals surface area contributed by atoms with Crippen LogP contribution in [0, 0.1) is 0 Å². The minimum absolute atomic E-state index is 0.190. The summed E-state index contributed by atoms with van der Waals surface area (Å²) in [5.74, 6) is 1.15. The van der Waals surface area contributed by atoms with Crippen LogP contribution in [0.3, 0.4) is 0 Å². The molecule has 140 valence electrons. The summed E-state index contributed by atoms with van der Waals surface area (Å²) in [6, 6.07) is 13.9. The van der Waals surface area contributed by atoms with Gasteiger partial charge in [0.2, 0.25) is 5.91 Å². The molecule has 1 aromatic heterocycles. The van der Waals surface area contributed by atoms with E-state index in [0.29, 0.717) is 17.7 Å². The van der Waals surface area contributed by atoms with Crippen molar-refractivity contribution in [3.8, 4) is 5.75 Å². The maximum absolute atomic E-state index is 12.2. The molecule has 0 fully saturated rings. The quantitative estimate of drug-likeness (QED) is 0.522. The Morgan fingerprint density at radius 1 is 1.22 bits per heavy atom. The van der Waals surface area contributed by atoms with E-state index in [4.69, 9.17) is 4.74 Å². The lowest BCUT2D eigenvalue weighted by molar-refractivity contribution is -0.111. The molecule has 0 aliphatic carbocycles. The summed E-state index contributed by atoms with van der Waals surface area (Å²) in [6.45, 7) is 6.99. The molecular weight excluding hydrogens is 356 g/mol. The molecular formula is C22H24N2O2S. The molecule has 0 spiro atoms. The van der Waals surface area contributed by atoms with Crippen LogP contribution < -0.4 is 10.1 Å². The Kier molecular flexibility index (Phi) is 6.24. The van der Waals surface area contributed by atoms with Crippen LogP contribution in [-0.4, -0.2) is 17.5 Å². The predicted octanol–water partition coefficient (Wildman–Crippen LogP) is 5.86. The van der Waals surface area contributed by atoms with Crippen LogP contribution >= 0.6 is 11.3 Å². The summed E-state index contributed by atoms with van der Waals surface area (Å²) >= 11 is 1.50. The molecule has 0 saturated heterocycles. The highest BCUT2D eigenvalue weighted by Crippen LogP contribution is 2.30. The molecule has 0 saturated carbocycles. The number of hydrogen-bond donors (Lipinski definition) is 1. The van der Waals surface area contributed by atoms with Crippen LogP contribution in [0.25, 0.3) is 16.3 Å². The molecule has 1 atom stereocenters. The van der Waals surface area contributed by atoms with E-state index in [-0.39, 0.29) is 5.91 Å². The van der Waals surface area contributed by atoms with Crippen LogP contribution in [0.4, 0.5) is 5.13 Å². The Morgan fingerprint density at radius 2 is 2.00 bits per heavy atom. The third-order valence-electron chi connectivity index (χ3n) is 4.44. The number of nitrogens with one attached hydrogen (secondary N) is 1. The van der Waals surface area contributed by atoms with E-state index in [1.165, 1.54) is 23.0 Å². The van der Waals surface area contributed by atoms with E-state index in [9.17, 15) is 4.79 Å². The Labute approximate surface area is 163 Å². The summed E-state index contributed by atoms with van der Waals surface area (Å²) in [5.41, 5.74) is 3.16. The second-order valence-electron chi connectivity index (χ2n) is 6.38. The summed E-state index contributed by atoms with van der Waals surface area (Å²) < 4.78 is 6.51. The molecule has 5 heteroatoms. The van der Waals surface area contributed by atoms with Gasteiger partial charge in [-0.3, -0.25) is 10.1 Å². The molecule has 3 aromatic rings. The average Bonchev–Trinajstić information content (AvgIpc) is 3.08. The van der Waals surface area contributed by atoms with E-state index in [2.05, 4.69) is 36.3 Å². The van der Waals surface area contributed by atoms with Gasteiger partial charge in [0, 0.05) is 6.08 Å². The third kappa shape index (κ3) is 4.95. The number of fused-ring (bicyclic) bond motifs is 1. The molecule has 4 nitrogen and oxygen atoms in total. The summed E-state index contributed by atoms with van der Waals surface area (Å²) in [6.07, 6.45) is 4.40. The molecule has 3 rings (SSSR count). The zero-order chi connectivity index (χ0) is 19.2. The van der Waals surface area contributed by atoms with E-state index in [1.54, 1.807) is 6.08 Å². The highest BCUT2D eigenvalue weighted by atomic mass is 32.1. The number of hydrogen-bond acceptors (Lipinski definition) is 4. The van der Waals surface area contributed by atoms with Crippen LogP contribution in [0.5, 0.6) is 5.75 Å². The Hall–Kier alpha value is -2.66. The van der Waals surface area contributed by atoms with Gasteiger partial charge in [-0.25, -0.2) is 4.98 Å². The second kappa shape index (κ2) is 8.82. The summed E-state index contributed by atoms with van der Waals surface area (Å²) in [4.78, 5) is 16.7. The van der Waals surface area contributed by atoms with E-state index in [1.807, 2.05) is 37.3 Å². The predicted molar refractivity (Wildman–Crippen MR) is 114 cm³/mol. The van der Waals surface area contributed by atoms with Gasteiger partial charge in [-0.1, -0.05) is 43.4 Å². The molecule has 0 bridgehead atoms. The zero-order valence-electron chi connectivity index (χ0n) is 15.9. The number of benzene rings is 2. The van der Waals surface area contributed by atoms with Crippen LogP contribution in [0.1, 0.15) is 44.2 Å². The molecule has 2 aromatic carbocycles. The average molecular weight is 381 g/mol. The number of ether oxygens (including phenoxy) is 1. The van der Waals surface area contributed by atoms with Crippen molar-refractivity contribution in [3.63, 3.8) is 0 Å². The largest absolute Gasteiger partial charge is 0.494 e. The first-order chi connectivity index (χ1) is 13.1. The number of anilines is 1. The Morgan fingerprint density at radius 3 is 2.70 bits per heavy atom. The number of amides is 1. The van der Waals surface area contributed by atoms with Crippen molar-refractivity contribution in [1.29, 1.82) is 0 Å². The number of carbonyl (C=O) groups is 1. The van der Waals surface area contributed by atoms with Crippen molar-refractivity contribution in [2.75, 3.05) is 11.9 Å². The number of nitrogens with zero attached hydrogens (tertiary/aromatic N) is 1. The summed E-state index contributed by atoms with van der Waals surface area (Å²) in [5, 5.41) is 3.47. The highest BCUT2D eigenvalue weighted by Gasteiger charge is 2.09. The van der Waals surface area contributed by atoms with Crippen molar-refractivity contribution in [3.05, 3.63) is 59.7 Å². The minimum Gasteiger partial charge on any atom is -0.494 e. The van der Waals surface area contributed by atoms with Gasteiger partial charge in [0.1, 0.15) is 5.75 Å². The molecule has 1 unspecified atom stereocenters. The first-order valence-corrected chi connectivity index (χ1v) is 10.0. The van der Waals surface area contributed by atoms with Crippen molar-refractivity contribution in [1.82, 2.24) is 4.98 Å². The minimum atomic E-state index is -0.190. The van der Waals surface area contributed by atoms with Gasteiger partial charge < -0.3 is 4.74 Å². The van der Waals surface area contributed by atoms with Crippen LogP contribution in [0.2, 0.25) is 0 Å². The number of thiazole rings is 1.